The number of aryl methyl sites for hydroxylation is 1. The first-order chi connectivity index (χ1) is 9.56. The Hall–Kier alpha value is -2.18. The van der Waals surface area contributed by atoms with Gasteiger partial charge in [0.1, 0.15) is 0 Å². The fraction of sp³-hybridized carbons (Fsp3) is 0.538. The largest absolute Gasteiger partial charge is 0.365 e. The highest BCUT2D eigenvalue weighted by atomic mass is 16.5. The van der Waals surface area contributed by atoms with Crippen LogP contribution in [0, 0.1) is 12.8 Å². The van der Waals surface area contributed by atoms with E-state index in [9.17, 15) is 4.79 Å². The maximum atomic E-state index is 12.1. The maximum absolute atomic E-state index is 12.1. The minimum absolute atomic E-state index is 0.106. The standard InChI is InChI=1S/C13H19N5O2/c1-9(2)8-18-7-6-15-12(13(18)19)14-5-4-11-16-10(3)20-17-11/h6-7,9H,4-5,8H2,1-3H3,(H,14,15). The van der Waals surface area contributed by atoms with Crippen LogP contribution in [0.25, 0.3) is 0 Å². The van der Waals surface area contributed by atoms with Crippen molar-refractivity contribution >= 4 is 5.82 Å². The van der Waals surface area contributed by atoms with Gasteiger partial charge in [0.05, 0.1) is 0 Å². The van der Waals surface area contributed by atoms with Gasteiger partial charge in [0, 0.05) is 38.8 Å². The van der Waals surface area contributed by atoms with Crippen LogP contribution in [0.5, 0.6) is 0 Å². The van der Waals surface area contributed by atoms with E-state index in [1.54, 1.807) is 23.9 Å². The van der Waals surface area contributed by atoms with Crippen LogP contribution in [0.3, 0.4) is 0 Å². The first-order valence-corrected chi connectivity index (χ1v) is 6.64. The average Bonchev–Trinajstić information content (AvgIpc) is 2.79. The number of nitrogens with one attached hydrogen (secondary N) is 1. The van der Waals surface area contributed by atoms with Gasteiger partial charge >= 0.3 is 0 Å². The smallest absolute Gasteiger partial charge is 0.293 e. The zero-order valence-corrected chi connectivity index (χ0v) is 12.0. The number of aromatic nitrogens is 4. The summed E-state index contributed by atoms with van der Waals surface area (Å²) in [6.45, 7) is 7.09. The second-order valence-electron chi connectivity index (χ2n) is 5.03. The van der Waals surface area contributed by atoms with Crippen molar-refractivity contribution < 1.29 is 4.52 Å². The fourth-order valence-corrected chi connectivity index (χ4v) is 1.84. The van der Waals surface area contributed by atoms with Crippen molar-refractivity contribution in [1.82, 2.24) is 19.7 Å². The zero-order chi connectivity index (χ0) is 14.5. The van der Waals surface area contributed by atoms with E-state index in [1.165, 1.54) is 0 Å². The highest BCUT2D eigenvalue weighted by Crippen LogP contribution is 2.00. The molecule has 0 fully saturated rings. The Morgan fingerprint density at radius 1 is 1.45 bits per heavy atom. The van der Waals surface area contributed by atoms with Crippen LogP contribution in [0.2, 0.25) is 0 Å². The molecule has 7 nitrogen and oxygen atoms in total. The van der Waals surface area contributed by atoms with Crippen molar-refractivity contribution in [2.24, 2.45) is 5.92 Å². The summed E-state index contributed by atoms with van der Waals surface area (Å²) < 4.78 is 6.55. The molecule has 108 valence electrons. The van der Waals surface area contributed by atoms with Crippen LogP contribution in [-0.4, -0.2) is 26.2 Å². The molecule has 0 aromatic carbocycles. The molecule has 2 heterocycles. The molecule has 0 bridgehead atoms. The fourth-order valence-electron chi connectivity index (χ4n) is 1.84. The third-order valence-corrected chi connectivity index (χ3v) is 2.69. The Bertz CT molecular complexity index is 617. The molecule has 0 spiro atoms. The average molecular weight is 277 g/mol. The lowest BCUT2D eigenvalue weighted by Gasteiger charge is -2.10. The summed E-state index contributed by atoms with van der Waals surface area (Å²) in [6.07, 6.45) is 3.91. The molecule has 0 aliphatic heterocycles. The van der Waals surface area contributed by atoms with Gasteiger partial charge in [-0.1, -0.05) is 19.0 Å². The minimum Gasteiger partial charge on any atom is -0.365 e. The van der Waals surface area contributed by atoms with Gasteiger partial charge in [0.15, 0.2) is 11.6 Å². The van der Waals surface area contributed by atoms with Crippen molar-refractivity contribution in [3.8, 4) is 0 Å². The molecule has 2 rings (SSSR count). The van der Waals surface area contributed by atoms with E-state index in [0.717, 1.165) is 0 Å². The van der Waals surface area contributed by atoms with Crippen LogP contribution in [-0.2, 0) is 13.0 Å². The summed E-state index contributed by atoms with van der Waals surface area (Å²) in [5.74, 6) is 1.92. The molecule has 1 N–H and O–H groups in total. The molecular weight excluding hydrogens is 258 g/mol. The molecule has 0 atom stereocenters. The van der Waals surface area contributed by atoms with E-state index in [2.05, 4.69) is 34.3 Å². The van der Waals surface area contributed by atoms with Crippen LogP contribution in [0.1, 0.15) is 25.6 Å². The lowest BCUT2D eigenvalue weighted by Crippen LogP contribution is -2.26. The first-order valence-electron chi connectivity index (χ1n) is 6.64. The molecule has 2 aromatic rings. The van der Waals surface area contributed by atoms with Gasteiger partial charge in [0.2, 0.25) is 5.89 Å². The van der Waals surface area contributed by atoms with E-state index in [1.807, 2.05) is 0 Å². The van der Waals surface area contributed by atoms with Crippen molar-refractivity contribution in [3.05, 3.63) is 34.5 Å². The Kier molecular flexibility index (Phi) is 4.49. The van der Waals surface area contributed by atoms with Gasteiger partial charge in [0.25, 0.3) is 5.56 Å². The zero-order valence-electron chi connectivity index (χ0n) is 12.0. The van der Waals surface area contributed by atoms with Crippen LogP contribution >= 0.6 is 0 Å². The number of hydrogen-bond donors (Lipinski definition) is 1. The highest BCUT2D eigenvalue weighted by molar-refractivity contribution is 5.30. The van der Waals surface area contributed by atoms with Crippen molar-refractivity contribution in [1.29, 1.82) is 0 Å². The predicted octanol–water partition coefficient (Wildman–Crippen LogP) is 1.25. The second kappa shape index (κ2) is 6.31. The summed E-state index contributed by atoms with van der Waals surface area (Å²) in [6, 6.07) is 0. The van der Waals surface area contributed by atoms with E-state index in [4.69, 9.17) is 4.52 Å². The topological polar surface area (TPSA) is 85.8 Å². The summed E-state index contributed by atoms with van der Waals surface area (Å²) >= 11 is 0. The van der Waals surface area contributed by atoms with Crippen LogP contribution in [0.15, 0.2) is 21.7 Å². The molecule has 0 saturated heterocycles. The summed E-state index contributed by atoms with van der Waals surface area (Å²) in [5, 5.41) is 6.81. The van der Waals surface area contributed by atoms with Crippen molar-refractivity contribution in [3.63, 3.8) is 0 Å². The molecule has 2 aromatic heterocycles. The lowest BCUT2D eigenvalue weighted by molar-refractivity contribution is 0.387. The molecule has 0 aliphatic carbocycles. The van der Waals surface area contributed by atoms with Gasteiger partial charge in [-0.05, 0) is 5.92 Å². The van der Waals surface area contributed by atoms with Crippen LogP contribution < -0.4 is 10.9 Å². The first kappa shape index (κ1) is 14.2. The number of hydrogen-bond acceptors (Lipinski definition) is 6. The normalized spacial score (nSPS) is 11.0. The van der Waals surface area contributed by atoms with Gasteiger partial charge in [-0.25, -0.2) is 4.98 Å². The molecule has 0 saturated carbocycles. The number of rotatable bonds is 6. The molecule has 7 heteroatoms. The summed E-state index contributed by atoms with van der Waals surface area (Å²) in [4.78, 5) is 20.3. The summed E-state index contributed by atoms with van der Waals surface area (Å²) in [7, 11) is 0. The van der Waals surface area contributed by atoms with E-state index in [-0.39, 0.29) is 5.56 Å². The maximum Gasteiger partial charge on any atom is 0.293 e. The third kappa shape index (κ3) is 3.66. The Morgan fingerprint density at radius 2 is 2.25 bits per heavy atom. The van der Waals surface area contributed by atoms with E-state index in [0.29, 0.717) is 43.0 Å². The van der Waals surface area contributed by atoms with Crippen molar-refractivity contribution in [2.75, 3.05) is 11.9 Å². The SMILES string of the molecule is Cc1nc(CCNc2nccn(CC(C)C)c2=O)no1. The lowest BCUT2D eigenvalue weighted by atomic mass is 10.2. The van der Waals surface area contributed by atoms with E-state index >= 15 is 0 Å². The summed E-state index contributed by atoms with van der Waals surface area (Å²) in [5.41, 5.74) is -0.106. The molecule has 20 heavy (non-hydrogen) atoms. The Balaban J connectivity index is 1.97. The van der Waals surface area contributed by atoms with Crippen LogP contribution in [0.4, 0.5) is 5.82 Å². The van der Waals surface area contributed by atoms with Gasteiger partial charge in [-0.15, -0.1) is 0 Å². The second-order valence-corrected chi connectivity index (χ2v) is 5.03. The van der Waals surface area contributed by atoms with Gasteiger partial charge in [-0.3, -0.25) is 4.79 Å². The Labute approximate surface area is 117 Å². The predicted molar refractivity (Wildman–Crippen MR) is 74.6 cm³/mol. The highest BCUT2D eigenvalue weighted by Gasteiger charge is 2.07. The minimum atomic E-state index is -0.106. The van der Waals surface area contributed by atoms with E-state index < -0.39 is 0 Å². The molecular formula is C13H19N5O2. The van der Waals surface area contributed by atoms with Crippen molar-refractivity contribution in [2.45, 2.75) is 33.7 Å². The Morgan fingerprint density at radius 3 is 2.90 bits per heavy atom. The quantitative estimate of drug-likeness (QED) is 0.855. The van der Waals surface area contributed by atoms with Gasteiger partial charge < -0.3 is 14.4 Å². The third-order valence-electron chi connectivity index (χ3n) is 2.69. The molecule has 0 aliphatic rings. The van der Waals surface area contributed by atoms with Gasteiger partial charge in [-0.2, -0.15) is 4.98 Å². The monoisotopic (exact) mass is 277 g/mol. The molecule has 0 radical (unpaired) electrons. The molecule has 0 unspecified atom stereocenters. The molecule has 0 amide bonds. The number of nitrogens with zero attached hydrogens (tertiary/aromatic N) is 4. The number of anilines is 1.